The van der Waals surface area contributed by atoms with Crippen LogP contribution in [-0.4, -0.2) is 31.0 Å². The minimum absolute atomic E-state index is 0.0507. The molecule has 0 bridgehead atoms. The molecule has 11 heteroatoms. The molecule has 2 amide bonds. The van der Waals surface area contributed by atoms with Crippen LogP contribution in [0.2, 0.25) is 0 Å². The number of carbonyl (C=O) groups is 2. The number of rotatable bonds is 8. The number of pyridine rings is 1. The molecule has 0 spiro atoms. The summed E-state index contributed by atoms with van der Waals surface area (Å²) >= 11 is 0. The van der Waals surface area contributed by atoms with E-state index in [1.54, 1.807) is 12.1 Å². The molecule has 0 saturated heterocycles. The van der Waals surface area contributed by atoms with E-state index in [4.69, 9.17) is 19.9 Å². The first kappa shape index (κ1) is 25.8. The third kappa shape index (κ3) is 4.56. The van der Waals surface area contributed by atoms with E-state index in [-0.39, 0.29) is 30.0 Å². The fraction of sp³-hybridized carbons (Fsp3) is 0.179. The monoisotopic (exact) mass is 537 g/mol. The van der Waals surface area contributed by atoms with Gasteiger partial charge in [0.2, 0.25) is 11.8 Å². The van der Waals surface area contributed by atoms with Gasteiger partial charge < -0.3 is 19.9 Å². The molecule has 0 radical (unpaired) electrons. The lowest BCUT2D eigenvalue weighted by Gasteiger charge is -2.28. The number of benzene rings is 3. The number of amides is 2. The smallest absolute Gasteiger partial charge is 0.247 e. The molecule has 4 aromatic rings. The largest absolute Gasteiger partial charge is 0.493 e. The molecule has 5 rings (SSSR count). The average Bonchev–Trinajstić information content (AvgIpc) is 3.73. The molecule has 1 aromatic heterocycles. The zero-order chi connectivity index (χ0) is 27.9. The van der Waals surface area contributed by atoms with Crippen LogP contribution in [0.3, 0.4) is 0 Å². The topological polar surface area (TPSA) is 104 Å². The van der Waals surface area contributed by atoms with E-state index >= 15 is 4.39 Å². The number of methoxy groups -OCH3 is 2. The number of ether oxygens (including phenoxy) is 3. The van der Waals surface area contributed by atoms with Gasteiger partial charge in [-0.1, -0.05) is 0 Å². The standard InChI is InChI=1S/C28H22F3N3O5/c1-37-23-13-18-20(14-24(23)38-2)33-10-7-22(18)39-25-19(31)11-16(30)12-21(25)34(17-5-3-15(29)4-6-17)27(36)28(8-9-28)26(32)35/h3-7,10-14H,8-9H2,1-2H3,(H2,32,35). The van der Waals surface area contributed by atoms with E-state index in [1.807, 2.05) is 0 Å². The Labute approximate surface area is 220 Å². The van der Waals surface area contributed by atoms with Crippen LogP contribution in [-0.2, 0) is 9.59 Å². The summed E-state index contributed by atoms with van der Waals surface area (Å²) in [6.45, 7) is 0. The number of hydrogen-bond acceptors (Lipinski definition) is 6. The van der Waals surface area contributed by atoms with Crippen molar-refractivity contribution in [2.45, 2.75) is 12.8 Å². The molecule has 39 heavy (non-hydrogen) atoms. The minimum atomic E-state index is -1.57. The van der Waals surface area contributed by atoms with Crippen molar-refractivity contribution in [3.8, 4) is 23.0 Å². The van der Waals surface area contributed by atoms with Crippen molar-refractivity contribution >= 4 is 34.1 Å². The number of primary amides is 1. The average molecular weight is 537 g/mol. The molecule has 0 aliphatic heterocycles. The van der Waals surface area contributed by atoms with E-state index < -0.39 is 40.4 Å². The summed E-state index contributed by atoms with van der Waals surface area (Å²) in [4.78, 5) is 31.2. The van der Waals surface area contributed by atoms with Gasteiger partial charge in [0.05, 0.1) is 25.4 Å². The van der Waals surface area contributed by atoms with Crippen LogP contribution in [0.5, 0.6) is 23.0 Å². The first-order valence-corrected chi connectivity index (χ1v) is 11.8. The molecular weight excluding hydrogens is 515 g/mol. The molecule has 1 fully saturated rings. The van der Waals surface area contributed by atoms with Crippen molar-refractivity contribution in [3.05, 3.63) is 78.2 Å². The highest BCUT2D eigenvalue weighted by Crippen LogP contribution is 2.51. The van der Waals surface area contributed by atoms with Crippen LogP contribution in [0.4, 0.5) is 24.5 Å². The third-order valence-electron chi connectivity index (χ3n) is 6.57. The van der Waals surface area contributed by atoms with Gasteiger partial charge in [-0.15, -0.1) is 0 Å². The quantitative estimate of drug-likeness (QED) is 0.302. The lowest BCUT2D eigenvalue weighted by atomic mass is 10.0. The van der Waals surface area contributed by atoms with Gasteiger partial charge in [0, 0.05) is 35.5 Å². The van der Waals surface area contributed by atoms with Gasteiger partial charge in [-0.05, 0) is 49.2 Å². The summed E-state index contributed by atoms with van der Waals surface area (Å²) in [5.74, 6) is -4.09. The van der Waals surface area contributed by atoms with Crippen molar-refractivity contribution < 1.29 is 37.0 Å². The fourth-order valence-electron chi connectivity index (χ4n) is 4.32. The maximum atomic E-state index is 15.4. The Balaban J connectivity index is 1.70. The number of fused-ring (bicyclic) bond motifs is 1. The highest BCUT2D eigenvalue weighted by atomic mass is 19.1. The molecular formula is C28H22F3N3O5. The second-order valence-electron chi connectivity index (χ2n) is 8.93. The second kappa shape index (κ2) is 9.82. The van der Waals surface area contributed by atoms with Gasteiger partial charge in [-0.25, -0.2) is 13.2 Å². The van der Waals surface area contributed by atoms with Gasteiger partial charge in [-0.3, -0.25) is 19.5 Å². The Hall–Kier alpha value is -4.80. The molecule has 0 atom stereocenters. The highest BCUT2D eigenvalue weighted by molar-refractivity contribution is 6.17. The predicted molar refractivity (Wildman–Crippen MR) is 136 cm³/mol. The van der Waals surface area contributed by atoms with Crippen molar-refractivity contribution in [1.29, 1.82) is 0 Å². The van der Waals surface area contributed by atoms with E-state index in [0.717, 1.165) is 23.1 Å². The van der Waals surface area contributed by atoms with Gasteiger partial charge in [0.1, 0.15) is 22.8 Å². The molecule has 3 aromatic carbocycles. The lowest BCUT2D eigenvalue weighted by Crippen LogP contribution is -2.41. The Morgan fingerprint density at radius 2 is 1.56 bits per heavy atom. The van der Waals surface area contributed by atoms with E-state index in [2.05, 4.69) is 4.98 Å². The highest BCUT2D eigenvalue weighted by Gasteiger charge is 2.57. The molecule has 2 N–H and O–H groups in total. The summed E-state index contributed by atoms with van der Waals surface area (Å²) in [7, 11) is 2.90. The van der Waals surface area contributed by atoms with Crippen molar-refractivity contribution in [3.63, 3.8) is 0 Å². The Bertz CT molecular complexity index is 1610. The maximum absolute atomic E-state index is 15.4. The van der Waals surface area contributed by atoms with Crippen molar-refractivity contribution in [1.82, 2.24) is 4.98 Å². The van der Waals surface area contributed by atoms with Crippen LogP contribution in [0, 0.1) is 22.9 Å². The Kier molecular flexibility index (Phi) is 6.51. The fourth-order valence-corrected chi connectivity index (χ4v) is 4.32. The first-order valence-electron chi connectivity index (χ1n) is 11.8. The van der Waals surface area contributed by atoms with Crippen molar-refractivity contribution in [2.24, 2.45) is 11.1 Å². The summed E-state index contributed by atoms with van der Waals surface area (Å²) in [5, 5.41) is 0.403. The minimum Gasteiger partial charge on any atom is -0.493 e. The van der Waals surface area contributed by atoms with Gasteiger partial charge in [0.25, 0.3) is 0 Å². The predicted octanol–water partition coefficient (Wildman–Crippen LogP) is 5.39. The number of halogens is 3. The van der Waals surface area contributed by atoms with Gasteiger partial charge in [-0.2, -0.15) is 0 Å². The summed E-state index contributed by atoms with van der Waals surface area (Å²) < 4.78 is 60.4. The van der Waals surface area contributed by atoms with Gasteiger partial charge >= 0.3 is 0 Å². The molecule has 1 aliphatic rings. The Morgan fingerprint density at radius 1 is 0.897 bits per heavy atom. The lowest BCUT2D eigenvalue weighted by molar-refractivity contribution is -0.133. The third-order valence-corrected chi connectivity index (χ3v) is 6.57. The van der Waals surface area contributed by atoms with Crippen LogP contribution in [0.15, 0.2) is 60.8 Å². The van der Waals surface area contributed by atoms with Crippen LogP contribution in [0.1, 0.15) is 12.8 Å². The van der Waals surface area contributed by atoms with Crippen LogP contribution < -0.4 is 24.8 Å². The molecule has 0 unspecified atom stereocenters. The molecule has 200 valence electrons. The first-order chi connectivity index (χ1) is 18.7. The SMILES string of the molecule is COc1cc2nccc(Oc3c(F)cc(F)cc3N(C(=O)C3(C(N)=O)CC3)c3ccc(F)cc3)c2cc1OC. The van der Waals surface area contributed by atoms with E-state index in [1.165, 1.54) is 38.6 Å². The van der Waals surface area contributed by atoms with E-state index in [9.17, 15) is 18.4 Å². The number of nitrogens with two attached hydrogens (primary N) is 1. The second-order valence-corrected chi connectivity index (χ2v) is 8.93. The normalized spacial score (nSPS) is 13.6. The molecule has 1 saturated carbocycles. The molecule has 8 nitrogen and oxygen atoms in total. The summed E-state index contributed by atoms with van der Waals surface area (Å²) in [6.07, 6.45) is 1.73. The zero-order valence-electron chi connectivity index (χ0n) is 20.8. The van der Waals surface area contributed by atoms with Crippen molar-refractivity contribution in [2.75, 3.05) is 19.1 Å². The maximum Gasteiger partial charge on any atom is 0.247 e. The number of hydrogen-bond donors (Lipinski definition) is 1. The van der Waals surface area contributed by atoms with Crippen LogP contribution in [0.25, 0.3) is 10.9 Å². The Morgan fingerprint density at radius 3 is 2.18 bits per heavy atom. The number of carbonyl (C=O) groups excluding carboxylic acids is 2. The molecule has 1 aliphatic carbocycles. The number of aromatic nitrogens is 1. The number of nitrogens with zero attached hydrogens (tertiary/aromatic N) is 2. The summed E-state index contributed by atoms with van der Waals surface area (Å²) in [6, 6.07) is 10.8. The van der Waals surface area contributed by atoms with Gasteiger partial charge in [0.15, 0.2) is 23.1 Å². The zero-order valence-corrected chi connectivity index (χ0v) is 20.8. The summed E-state index contributed by atoms with van der Waals surface area (Å²) in [5.41, 5.74) is 4.09. The molecule has 1 heterocycles. The number of anilines is 2. The van der Waals surface area contributed by atoms with E-state index in [0.29, 0.717) is 28.5 Å². The van der Waals surface area contributed by atoms with Crippen LogP contribution >= 0.6 is 0 Å².